The van der Waals surface area contributed by atoms with E-state index in [2.05, 4.69) is 18.0 Å². The lowest BCUT2D eigenvalue weighted by Crippen LogP contribution is -2.23. The summed E-state index contributed by atoms with van der Waals surface area (Å²) in [5.74, 6) is -0.290. The Hall–Kier alpha value is -1.99. The fourth-order valence-electron chi connectivity index (χ4n) is 2.09. The summed E-state index contributed by atoms with van der Waals surface area (Å²) in [7, 11) is 0. The maximum atomic E-state index is 13.2. The monoisotopic (exact) mass is 316 g/mol. The highest BCUT2D eigenvalue weighted by Gasteiger charge is 2.28. The van der Waals surface area contributed by atoms with Crippen LogP contribution in [0.4, 0.5) is 4.39 Å². The van der Waals surface area contributed by atoms with Crippen LogP contribution in [0.3, 0.4) is 0 Å². The molecule has 1 N–H and O–H groups in total. The van der Waals surface area contributed by atoms with E-state index in [1.807, 2.05) is 32.3 Å². The summed E-state index contributed by atoms with van der Waals surface area (Å²) in [6.07, 6.45) is 3.56. The summed E-state index contributed by atoms with van der Waals surface area (Å²) < 4.78 is 12.8. The lowest BCUT2D eigenvalue weighted by molar-refractivity contribution is 0.627. The molecular formula is C18H21FN2S. The Morgan fingerprint density at radius 1 is 1.41 bits per heavy atom. The summed E-state index contributed by atoms with van der Waals surface area (Å²) in [4.78, 5) is 0. The van der Waals surface area contributed by atoms with Crippen molar-refractivity contribution in [3.8, 4) is 6.07 Å². The first-order chi connectivity index (χ1) is 10.5. The highest BCUT2D eigenvalue weighted by molar-refractivity contribution is 8.03. The van der Waals surface area contributed by atoms with Crippen LogP contribution in [0.2, 0.25) is 0 Å². The van der Waals surface area contributed by atoms with Crippen LogP contribution in [0.25, 0.3) is 5.57 Å². The summed E-state index contributed by atoms with van der Waals surface area (Å²) in [5.41, 5.74) is 2.21. The predicted molar refractivity (Wildman–Crippen MR) is 93.6 cm³/mol. The summed E-state index contributed by atoms with van der Waals surface area (Å²) in [5, 5.41) is 14.5. The first-order valence-electron chi connectivity index (χ1n) is 7.06. The largest absolute Gasteiger partial charge is 0.377 e. The smallest absolute Gasteiger partial charge is 0.123 e. The Bertz CT molecular complexity index is 607. The molecule has 0 aliphatic rings. The van der Waals surface area contributed by atoms with Crippen molar-refractivity contribution < 1.29 is 4.39 Å². The summed E-state index contributed by atoms with van der Waals surface area (Å²) in [6, 6.07) is 8.47. The fourth-order valence-corrected chi connectivity index (χ4v) is 2.96. The molecule has 0 saturated heterocycles. The molecule has 1 aromatic carbocycles. The van der Waals surface area contributed by atoms with Gasteiger partial charge in [0.15, 0.2) is 0 Å². The normalized spacial score (nSPS) is 12.7. The second-order valence-corrected chi connectivity index (χ2v) is 6.62. The van der Waals surface area contributed by atoms with Gasteiger partial charge in [-0.1, -0.05) is 30.9 Å². The van der Waals surface area contributed by atoms with Gasteiger partial charge in [-0.2, -0.15) is 5.26 Å². The van der Waals surface area contributed by atoms with Gasteiger partial charge in [-0.15, -0.1) is 11.8 Å². The molecule has 0 amide bonds. The maximum absolute atomic E-state index is 13.2. The van der Waals surface area contributed by atoms with E-state index in [0.29, 0.717) is 12.2 Å². The number of hydrogen-bond acceptors (Lipinski definition) is 3. The Labute approximate surface area is 136 Å². The zero-order valence-corrected chi connectivity index (χ0v) is 14.0. The van der Waals surface area contributed by atoms with Crippen LogP contribution in [-0.4, -0.2) is 11.3 Å². The molecule has 0 aliphatic heterocycles. The van der Waals surface area contributed by atoms with Crippen molar-refractivity contribution in [2.45, 2.75) is 25.5 Å². The van der Waals surface area contributed by atoms with E-state index in [1.54, 1.807) is 30.0 Å². The van der Waals surface area contributed by atoms with Crippen molar-refractivity contribution in [1.82, 2.24) is 5.32 Å². The molecule has 0 spiro atoms. The number of thioether (sulfide) groups is 1. The molecule has 0 heterocycles. The van der Waals surface area contributed by atoms with Crippen molar-refractivity contribution in [2.75, 3.05) is 6.54 Å². The zero-order valence-electron chi connectivity index (χ0n) is 13.2. The van der Waals surface area contributed by atoms with Gasteiger partial charge >= 0.3 is 0 Å². The predicted octanol–water partition coefficient (Wildman–Crippen LogP) is 4.88. The Morgan fingerprint density at radius 3 is 2.55 bits per heavy atom. The number of nitrogens with zero attached hydrogens (tertiary/aromatic N) is 1. The van der Waals surface area contributed by atoms with Crippen molar-refractivity contribution in [1.29, 1.82) is 5.26 Å². The number of nitriles is 1. The van der Waals surface area contributed by atoms with Gasteiger partial charge in [-0.05, 0) is 43.9 Å². The molecule has 1 aromatic rings. The van der Waals surface area contributed by atoms with Gasteiger partial charge in [0.2, 0.25) is 0 Å². The first kappa shape index (κ1) is 18.1. The van der Waals surface area contributed by atoms with Crippen molar-refractivity contribution >= 4 is 17.3 Å². The third-order valence-electron chi connectivity index (χ3n) is 3.03. The minimum absolute atomic E-state index is 0.290. The topological polar surface area (TPSA) is 35.8 Å². The molecule has 0 radical (unpaired) electrons. The van der Waals surface area contributed by atoms with Gasteiger partial charge in [0.1, 0.15) is 17.6 Å². The maximum Gasteiger partial charge on any atom is 0.123 e. The zero-order chi connectivity index (χ0) is 16.6. The van der Waals surface area contributed by atoms with E-state index in [-0.39, 0.29) is 10.6 Å². The van der Waals surface area contributed by atoms with E-state index in [0.717, 1.165) is 11.1 Å². The van der Waals surface area contributed by atoms with Gasteiger partial charge in [0, 0.05) is 16.9 Å². The van der Waals surface area contributed by atoms with Crippen LogP contribution >= 0.6 is 11.8 Å². The lowest BCUT2D eigenvalue weighted by Gasteiger charge is -2.28. The van der Waals surface area contributed by atoms with Crippen LogP contribution in [0, 0.1) is 17.1 Å². The third-order valence-corrected chi connectivity index (χ3v) is 4.11. The Balaban J connectivity index is 3.39. The highest BCUT2D eigenvalue weighted by Crippen LogP contribution is 2.40. The van der Waals surface area contributed by atoms with Crippen LogP contribution in [0.1, 0.15) is 26.3 Å². The average molecular weight is 316 g/mol. The lowest BCUT2D eigenvalue weighted by atomic mass is 9.92. The summed E-state index contributed by atoms with van der Waals surface area (Å²) in [6.45, 7) is 10.3. The van der Waals surface area contributed by atoms with E-state index in [4.69, 9.17) is 0 Å². The molecule has 116 valence electrons. The van der Waals surface area contributed by atoms with Crippen LogP contribution in [0.15, 0.2) is 54.1 Å². The number of halogens is 1. The SMILES string of the molecule is C=C/C=C\SC(C)(C)/C(=C(/C#N)NCC)c1ccc(F)cc1. The molecule has 4 heteroatoms. The number of allylic oxidation sites excluding steroid dienone is 3. The van der Waals surface area contributed by atoms with Gasteiger partial charge in [0.25, 0.3) is 0 Å². The van der Waals surface area contributed by atoms with Gasteiger partial charge < -0.3 is 5.32 Å². The van der Waals surface area contributed by atoms with Crippen LogP contribution in [-0.2, 0) is 0 Å². The molecule has 0 aliphatic carbocycles. The van der Waals surface area contributed by atoms with E-state index < -0.39 is 0 Å². The molecule has 0 fully saturated rings. The number of hydrogen-bond donors (Lipinski definition) is 1. The second-order valence-electron chi connectivity index (χ2n) is 5.09. The minimum Gasteiger partial charge on any atom is -0.377 e. The Kier molecular flexibility index (Phi) is 6.94. The van der Waals surface area contributed by atoms with Gasteiger partial charge in [0.05, 0.1) is 0 Å². The Morgan fingerprint density at radius 2 is 2.05 bits per heavy atom. The minimum atomic E-state index is -0.357. The molecule has 0 aromatic heterocycles. The number of benzene rings is 1. The number of nitrogens with one attached hydrogen (secondary N) is 1. The van der Waals surface area contributed by atoms with Crippen molar-refractivity contribution in [3.63, 3.8) is 0 Å². The van der Waals surface area contributed by atoms with Crippen molar-refractivity contribution in [2.24, 2.45) is 0 Å². The average Bonchev–Trinajstić information content (AvgIpc) is 2.48. The van der Waals surface area contributed by atoms with E-state index >= 15 is 0 Å². The van der Waals surface area contributed by atoms with Crippen LogP contribution < -0.4 is 5.32 Å². The molecule has 0 saturated carbocycles. The van der Waals surface area contributed by atoms with E-state index in [9.17, 15) is 9.65 Å². The molecule has 2 nitrogen and oxygen atoms in total. The molecule has 0 unspecified atom stereocenters. The second kappa shape index (κ2) is 8.45. The van der Waals surface area contributed by atoms with Crippen LogP contribution in [0.5, 0.6) is 0 Å². The highest BCUT2D eigenvalue weighted by atomic mass is 32.2. The van der Waals surface area contributed by atoms with Gasteiger partial charge in [-0.25, -0.2) is 4.39 Å². The first-order valence-corrected chi connectivity index (χ1v) is 7.94. The quantitative estimate of drug-likeness (QED) is 0.575. The van der Waals surface area contributed by atoms with Crippen molar-refractivity contribution in [3.05, 3.63) is 65.5 Å². The molecular weight excluding hydrogens is 295 g/mol. The summed E-state index contributed by atoms with van der Waals surface area (Å²) >= 11 is 1.59. The molecule has 0 atom stereocenters. The van der Waals surface area contributed by atoms with Gasteiger partial charge in [-0.3, -0.25) is 0 Å². The molecule has 0 bridgehead atoms. The standard InChI is InChI=1S/C18H21FN2S/c1-5-7-12-22-18(3,4)17(16(13-20)21-6-2)14-8-10-15(19)11-9-14/h5,7-12,21H,1,6H2,2-4H3/b12-7-,17-16-. The number of rotatable bonds is 7. The van der Waals surface area contributed by atoms with E-state index in [1.165, 1.54) is 12.1 Å². The third kappa shape index (κ3) is 4.78. The molecule has 1 rings (SSSR count). The fraction of sp³-hybridized carbons (Fsp3) is 0.278. The molecule has 22 heavy (non-hydrogen) atoms.